The number of carbonyl (C=O) groups excluding carboxylic acids is 1. The first-order valence-corrected chi connectivity index (χ1v) is 5.83. The molecular weight excluding hydrogens is 216 g/mol. The van der Waals surface area contributed by atoms with E-state index in [0.717, 1.165) is 5.56 Å². The molecule has 0 saturated heterocycles. The van der Waals surface area contributed by atoms with Gasteiger partial charge in [-0.15, -0.1) is 0 Å². The fraction of sp³-hybridized carbons (Fsp3) is 0.667. The van der Waals surface area contributed by atoms with E-state index in [-0.39, 0.29) is 11.3 Å². The van der Waals surface area contributed by atoms with E-state index in [1.54, 1.807) is 10.9 Å². The summed E-state index contributed by atoms with van der Waals surface area (Å²) in [5.74, 6) is -0.110. The standard InChI is InChI=1S/C12H22N4O/c1-9-7-15-16(8-9)6-5-14-11(17)10(13)12(2,3)4/h7-8,10H,5-6,13H2,1-4H3,(H,14,17)/t10-/m0/s1. The number of nitrogens with one attached hydrogen (secondary N) is 1. The zero-order valence-corrected chi connectivity index (χ0v) is 11.0. The van der Waals surface area contributed by atoms with Gasteiger partial charge in [-0.1, -0.05) is 20.8 Å². The van der Waals surface area contributed by atoms with Crippen molar-refractivity contribution in [2.75, 3.05) is 6.54 Å². The van der Waals surface area contributed by atoms with Crippen molar-refractivity contribution in [3.63, 3.8) is 0 Å². The largest absolute Gasteiger partial charge is 0.353 e. The number of hydrogen-bond acceptors (Lipinski definition) is 3. The zero-order valence-electron chi connectivity index (χ0n) is 11.0. The quantitative estimate of drug-likeness (QED) is 0.810. The van der Waals surface area contributed by atoms with Gasteiger partial charge < -0.3 is 11.1 Å². The number of amides is 1. The van der Waals surface area contributed by atoms with E-state index in [4.69, 9.17) is 5.73 Å². The second-order valence-electron chi connectivity index (χ2n) is 5.42. The van der Waals surface area contributed by atoms with Crippen LogP contribution in [0.15, 0.2) is 12.4 Å². The van der Waals surface area contributed by atoms with E-state index in [1.807, 2.05) is 33.9 Å². The Labute approximate surface area is 102 Å². The maximum atomic E-state index is 11.7. The predicted molar refractivity (Wildman–Crippen MR) is 67.4 cm³/mol. The summed E-state index contributed by atoms with van der Waals surface area (Å²) < 4.78 is 1.80. The normalized spacial score (nSPS) is 13.5. The van der Waals surface area contributed by atoms with Crippen molar-refractivity contribution in [3.05, 3.63) is 18.0 Å². The fourth-order valence-corrected chi connectivity index (χ4v) is 1.39. The second-order valence-corrected chi connectivity index (χ2v) is 5.42. The molecule has 1 heterocycles. The first kappa shape index (κ1) is 13.7. The van der Waals surface area contributed by atoms with Gasteiger partial charge in [-0.05, 0) is 17.9 Å². The summed E-state index contributed by atoms with van der Waals surface area (Å²) in [5, 5.41) is 6.96. The summed E-state index contributed by atoms with van der Waals surface area (Å²) in [7, 11) is 0. The molecule has 0 saturated carbocycles. The molecule has 1 aromatic rings. The molecule has 1 atom stereocenters. The monoisotopic (exact) mass is 238 g/mol. The molecular formula is C12H22N4O. The van der Waals surface area contributed by atoms with E-state index in [2.05, 4.69) is 10.4 Å². The molecule has 0 aliphatic heterocycles. The molecule has 0 fully saturated rings. The molecule has 17 heavy (non-hydrogen) atoms. The maximum Gasteiger partial charge on any atom is 0.237 e. The number of nitrogens with two attached hydrogens (primary N) is 1. The summed E-state index contributed by atoms with van der Waals surface area (Å²) in [4.78, 5) is 11.7. The SMILES string of the molecule is Cc1cnn(CCNC(=O)[C@H](N)C(C)(C)C)c1. The van der Waals surface area contributed by atoms with E-state index in [0.29, 0.717) is 13.1 Å². The van der Waals surface area contributed by atoms with Crippen LogP contribution >= 0.6 is 0 Å². The Hall–Kier alpha value is -1.36. The van der Waals surface area contributed by atoms with Crippen LogP contribution in [0.25, 0.3) is 0 Å². The average molecular weight is 238 g/mol. The summed E-state index contributed by atoms with van der Waals surface area (Å²) in [6.07, 6.45) is 3.73. The first-order chi connectivity index (χ1) is 7.80. The molecule has 1 amide bonds. The van der Waals surface area contributed by atoms with E-state index in [1.165, 1.54) is 0 Å². The van der Waals surface area contributed by atoms with Crippen LogP contribution in [0.2, 0.25) is 0 Å². The van der Waals surface area contributed by atoms with Crippen molar-refractivity contribution in [1.82, 2.24) is 15.1 Å². The molecule has 1 aromatic heterocycles. The van der Waals surface area contributed by atoms with Gasteiger partial charge in [-0.25, -0.2) is 0 Å². The third kappa shape index (κ3) is 4.19. The average Bonchev–Trinajstić information content (AvgIpc) is 2.61. The van der Waals surface area contributed by atoms with Crippen molar-refractivity contribution >= 4 is 5.91 Å². The van der Waals surface area contributed by atoms with Gasteiger partial charge in [0.25, 0.3) is 0 Å². The Balaban J connectivity index is 2.34. The van der Waals surface area contributed by atoms with Crippen molar-refractivity contribution < 1.29 is 4.79 Å². The van der Waals surface area contributed by atoms with Gasteiger partial charge in [-0.3, -0.25) is 9.48 Å². The lowest BCUT2D eigenvalue weighted by Gasteiger charge is -2.25. The van der Waals surface area contributed by atoms with Gasteiger partial charge in [0.05, 0.1) is 18.8 Å². The van der Waals surface area contributed by atoms with Gasteiger partial charge in [0.1, 0.15) is 0 Å². The van der Waals surface area contributed by atoms with Crippen LogP contribution in [0.4, 0.5) is 0 Å². The van der Waals surface area contributed by atoms with Crippen LogP contribution in [0.5, 0.6) is 0 Å². The molecule has 96 valence electrons. The van der Waals surface area contributed by atoms with Crippen LogP contribution in [0.3, 0.4) is 0 Å². The molecule has 0 bridgehead atoms. The Bertz CT molecular complexity index is 378. The van der Waals surface area contributed by atoms with Gasteiger partial charge in [0.2, 0.25) is 5.91 Å². The minimum Gasteiger partial charge on any atom is -0.353 e. The number of aryl methyl sites for hydroxylation is 1. The highest BCUT2D eigenvalue weighted by atomic mass is 16.2. The lowest BCUT2D eigenvalue weighted by atomic mass is 9.87. The Morgan fingerprint density at radius 1 is 1.59 bits per heavy atom. The summed E-state index contributed by atoms with van der Waals surface area (Å²) in [6.45, 7) is 9.05. The van der Waals surface area contributed by atoms with Crippen LogP contribution in [-0.4, -0.2) is 28.3 Å². The minimum atomic E-state index is -0.484. The van der Waals surface area contributed by atoms with Crippen molar-refractivity contribution in [1.29, 1.82) is 0 Å². The van der Waals surface area contributed by atoms with Crippen LogP contribution in [0.1, 0.15) is 26.3 Å². The Morgan fingerprint density at radius 2 is 2.24 bits per heavy atom. The van der Waals surface area contributed by atoms with Gasteiger partial charge in [-0.2, -0.15) is 5.10 Å². The lowest BCUT2D eigenvalue weighted by molar-refractivity contribution is -0.124. The third-order valence-electron chi connectivity index (χ3n) is 2.62. The van der Waals surface area contributed by atoms with E-state index in [9.17, 15) is 4.79 Å². The van der Waals surface area contributed by atoms with E-state index < -0.39 is 6.04 Å². The number of nitrogens with zero attached hydrogens (tertiary/aromatic N) is 2. The van der Waals surface area contributed by atoms with Gasteiger partial charge in [0, 0.05) is 12.7 Å². The molecule has 0 aromatic carbocycles. The molecule has 0 radical (unpaired) electrons. The highest BCUT2D eigenvalue weighted by Gasteiger charge is 2.26. The fourth-order valence-electron chi connectivity index (χ4n) is 1.39. The maximum absolute atomic E-state index is 11.7. The Morgan fingerprint density at radius 3 is 2.71 bits per heavy atom. The van der Waals surface area contributed by atoms with Crippen molar-refractivity contribution in [2.45, 2.75) is 40.3 Å². The number of rotatable bonds is 4. The molecule has 0 aliphatic carbocycles. The highest BCUT2D eigenvalue weighted by molar-refractivity contribution is 5.82. The number of carbonyl (C=O) groups is 1. The van der Waals surface area contributed by atoms with Crippen LogP contribution in [0, 0.1) is 12.3 Å². The lowest BCUT2D eigenvalue weighted by Crippen LogP contribution is -2.49. The van der Waals surface area contributed by atoms with Gasteiger partial charge in [0.15, 0.2) is 0 Å². The summed E-state index contributed by atoms with van der Waals surface area (Å²) >= 11 is 0. The van der Waals surface area contributed by atoms with Crippen LogP contribution < -0.4 is 11.1 Å². The summed E-state index contributed by atoms with van der Waals surface area (Å²) in [6, 6.07) is -0.484. The highest BCUT2D eigenvalue weighted by Crippen LogP contribution is 2.16. The third-order valence-corrected chi connectivity index (χ3v) is 2.62. The molecule has 3 N–H and O–H groups in total. The first-order valence-electron chi connectivity index (χ1n) is 5.83. The molecule has 1 rings (SSSR count). The van der Waals surface area contributed by atoms with Crippen LogP contribution in [-0.2, 0) is 11.3 Å². The zero-order chi connectivity index (χ0) is 13.1. The number of aromatic nitrogens is 2. The number of hydrogen-bond donors (Lipinski definition) is 2. The minimum absolute atomic E-state index is 0.110. The van der Waals surface area contributed by atoms with Gasteiger partial charge >= 0.3 is 0 Å². The van der Waals surface area contributed by atoms with E-state index >= 15 is 0 Å². The van der Waals surface area contributed by atoms with Crippen molar-refractivity contribution in [2.24, 2.45) is 11.1 Å². The molecule has 0 aliphatic rings. The Kier molecular flexibility index (Phi) is 4.28. The molecule has 0 unspecified atom stereocenters. The van der Waals surface area contributed by atoms with Crippen molar-refractivity contribution in [3.8, 4) is 0 Å². The molecule has 5 nitrogen and oxygen atoms in total. The second kappa shape index (κ2) is 5.31. The predicted octanol–water partition coefficient (Wildman–Crippen LogP) is 0.681. The smallest absolute Gasteiger partial charge is 0.237 e. The molecule has 5 heteroatoms. The topological polar surface area (TPSA) is 72.9 Å². The molecule has 0 spiro atoms. The summed E-state index contributed by atoms with van der Waals surface area (Å²) in [5.41, 5.74) is 6.74.